The van der Waals surface area contributed by atoms with Crippen molar-refractivity contribution in [1.82, 2.24) is 9.97 Å². The average Bonchev–Trinajstić information content (AvgIpc) is 2.31. The first-order valence-electron chi connectivity index (χ1n) is 3.06. The minimum absolute atomic E-state index is 0.540. The normalized spacial score (nSPS) is 10.2. The van der Waals surface area contributed by atoms with Crippen molar-refractivity contribution in [3.63, 3.8) is 0 Å². The van der Waals surface area contributed by atoms with Crippen LogP contribution in [0.1, 0.15) is 0 Å². The van der Waals surface area contributed by atoms with Gasteiger partial charge in [0.05, 0.1) is 16.4 Å². The lowest BCUT2D eigenvalue weighted by Gasteiger charge is -1.72. The maximum atomic E-state index is 4.90. The zero-order valence-electron chi connectivity index (χ0n) is 5.52. The number of thiophene rings is 1. The van der Waals surface area contributed by atoms with Gasteiger partial charge in [-0.15, -0.1) is 11.3 Å². The predicted octanol–water partition coefficient (Wildman–Crippen LogP) is 2.42. The molecule has 11 heavy (non-hydrogen) atoms. The van der Waals surface area contributed by atoms with E-state index in [1.165, 1.54) is 0 Å². The zero-order valence-corrected chi connectivity index (χ0v) is 7.15. The first-order valence-corrected chi connectivity index (χ1v) is 4.34. The third-order valence-electron chi connectivity index (χ3n) is 1.28. The molecule has 0 fully saturated rings. The van der Waals surface area contributed by atoms with Crippen LogP contribution in [0.25, 0.3) is 10.2 Å². The van der Waals surface area contributed by atoms with E-state index in [0.717, 1.165) is 10.2 Å². The average molecular weight is 180 g/mol. The van der Waals surface area contributed by atoms with Gasteiger partial charge in [-0.3, -0.25) is 4.98 Å². The molecule has 0 unspecified atom stereocenters. The Morgan fingerprint density at radius 3 is 3.18 bits per heavy atom. The van der Waals surface area contributed by atoms with E-state index in [2.05, 4.69) is 9.97 Å². The van der Waals surface area contributed by atoms with Crippen LogP contribution >= 0.6 is 23.6 Å². The molecule has 2 heterocycles. The molecule has 0 atom stereocenters. The molecule has 4 heteroatoms. The Bertz CT molecular complexity index is 435. The zero-order chi connectivity index (χ0) is 7.68. The standard InChI is InChI=1S/C7H4N2S2/c10-7-4-8-3-6-5(9-7)1-2-11-6/h1-4H. The molecule has 54 valence electrons. The first kappa shape index (κ1) is 6.82. The minimum atomic E-state index is 0.540. The maximum absolute atomic E-state index is 4.90. The van der Waals surface area contributed by atoms with Crippen LogP contribution < -0.4 is 0 Å². The second-order valence-electron chi connectivity index (χ2n) is 2.03. The molecule has 0 saturated carbocycles. The van der Waals surface area contributed by atoms with Crippen LogP contribution in [0.2, 0.25) is 0 Å². The van der Waals surface area contributed by atoms with E-state index >= 15 is 0 Å². The number of rotatable bonds is 0. The summed E-state index contributed by atoms with van der Waals surface area (Å²) in [7, 11) is 0. The molecule has 0 aliphatic carbocycles. The van der Waals surface area contributed by atoms with Crippen molar-refractivity contribution < 1.29 is 0 Å². The summed E-state index contributed by atoms with van der Waals surface area (Å²) < 4.78 is 1.61. The summed E-state index contributed by atoms with van der Waals surface area (Å²) in [6.07, 6.45) is 3.37. The van der Waals surface area contributed by atoms with Crippen LogP contribution in [-0.2, 0) is 0 Å². The largest absolute Gasteiger partial charge is 0.260 e. The van der Waals surface area contributed by atoms with E-state index in [9.17, 15) is 0 Å². The van der Waals surface area contributed by atoms with E-state index in [0.29, 0.717) is 4.64 Å². The summed E-state index contributed by atoms with van der Waals surface area (Å²) >= 11 is 6.52. The van der Waals surface area contributed by atoms with E-state index in [-0.39, 0.29) is 0 Å². The van der Waals surface area contributed by atoms with Crippen molar-refractivity contribution >= 4 is 33.8 Å². The molecule has 0 amide bonds. The quantitative estimate of drug-likeness (QED) is 0.582. The highest BCUT2D eigenvalue weighted by atomic mass is 32.1. The number of hydrogen-bond donors (Lipinski definition) is 0. The third kappa shape index (κ3) is 1.27. The van der Waals surface area contributed by atoms with Crippen LogP contribution in [0.4, 0.5) is 0 Å². The van der Waals surface area contributed by atoms with Crippen LogP contribution in [0, 0.1) is 4.64 Å². The third-order valence-corrected chi connectivity index (χ3v) is 2.32. The van der Waals surface area contributed by atoms with Crippen LogP contribution in [-0.4, -0.2) is 9.97 Å². The van der Waals surface area contributed by atoms with Crippen molar-refractivity contribution in [3.05, 3.63) is 28.5 Å². The van der Waals surface area contributed by atoms with Crippen molar-refractivity contribution in [1.29, 1.82) is 0 Å². The van der Waals surface area contributed by atoms with Crippen molar-refractivity contribution in [2.45, 2.75) is 0 Å². The molecule has 2 nitrogen and oxygen atoms in total. The smallest absolute Gasteiger partial charge is 0.145 e. The van der Waals surface area contributed by atoms with Gasteiger partial charge in [-0.1, -0.05) is 12.2 Å². The van der Waals surface area contributed by atoms with Gasteiger partial charge >= 0.3 is 0 Å². The summed E-state index contributed by atoms with van der Waals surface area (Å²) in [5.74, 6) is 0. The SMILES string of the molecule is S=c1cncc2sccc2n1. The lowest BCUT2D eigenvalue weighted by Crippen LogP contribution is -1.63. The molecule has 0 radical (unpaired) electrons. The fraction of sp³-hybridized carbons (Fsp3) is 0. The molecule has 0 aliphatic rings. The Kier molecular flexibility index (Phi) is 1.63. The number of nitrogens with zero attached hydrogens (tertiary/aromatic N) is 2. The molecule has 2 rings (SSSR count). The highest BCUT2D eigenvalue weighted by Gasteiger charge is 1.91. The summed E-state index contributed by atoms with van der Waals surface area (Å²) in [6.45, 7) is 0. The lowest BCUT2D eigenvalue weighted by molar-refractivity contribution is 1.31. The highest BCUT2D eigenvalue weighted by Crippen LogP contribution is 2.15. The summed E-state index contributed by atoms with van der Waals surface area (Å²) in [4.78, 5) is 8.15. The van der Waals surface area contributed by atoms with Gasteiger partial charge in [-0.2, -0.15) is 0 Å². The summed E-state index contributed by atoms with van der Waals surface area (Å²) in [5, 5.41) is 1.98. The predicted molar refractivity (Wildman–Crippen MR) is 48.2 cm³/mol. The summed E-state index contributed by atoms with van der Waals surface area (Å²) in [6, 6.07) is 1.94. The molecule has 0 aromatic carbocycles. The van der Waals surface area contributed by atoms with Gasteiger partial charge in [0.15, 0.2) is 0 Å². The Labute approximate surface area is 72.6 Å². The van der Waals surface area contributed by atoms with Crippen molar-refractivity contribution in [3.8, 4) is 0 Å². The fourth-order valence-corrected chi connectivity index (χ4v) is 1.68. The lowest BCUT2D eigenvalue weighted by atomic mass is 10.5. The molecule has 0 aliphatic heterocycles. The Hall–Kier alpha value is -0.870. The van der Waals surface area contributed by atoms with Gasteiger partial charge < -0.3 is 0 Å². The van der Waals surface area contributed by atoms with E-state index in [1.54, 1.807) is 23.7 Å². The van der Waals surface area contributed by atoms with Gasteiger partial charge in [0.1, 0.15) is 4.64 Å². The Balaban J connectivity index is 3.00. The van der Waals surface area contributed by atoms with Gasteiger partial charge in [-0.05, 0) is 11.4 Å². The van der Waals surface area contributed by atoms with Crippen LogP contribution in [0.3, 0.4) is 0 Å². The van der Waals surface area contributed by atoms with Crippen LogP contribution in [0.5, 0.6) is 0 Å². The Morgan fingerprint density at radius 1 is 1.36 bits per heavy atom. The molecule has 0 spiro atoms. The highest BCUT2D eigenvalue weighted by molar-refractivity contribution is 7.71. The molecule has 0 N–H and O–H groups in total. The Morgan fingerprint density at radius 2 is 2.27 bits per heavy atom. The molecule has 0 saturated heterocycles. The van der Waals surface area contributed by atoms with Crippen molar-refractivity contribution in [2.75, 3.05) is 0 Å². The molecule has 2 aromatic heterocycles. The number of aromatic nitrogens is 2. The van der Waals surface area contributed by atoms with E-state index in [1.807, 2.05) is 11.4 Å². The van der Waals surface area contributed by atoms with Gasteiger partial charge in [0, 0.05) is 6.20 Å². The molecule has 2 aromatic rings. The summed E-state index contributed by atoms with van der Waals surface area (Å²) in [5.41, 5.74) is 0.928. The van der Waals surface area contributed by atoms with Crippen molar-refractivity contribution in [2.24, 2.45) is 0 Å². The van der Waals surface area contributed by atoms with E-state index < -0.39 is 0 Å². The molecule has 0 bridgehead atoms. The number of hydrogen-bond acceptors (Lipinski definition) is 4. The van der Waals surface area contributed by atoms with E-state index in [4.69, 9.17) is 12.2 Å². The monoisotopic (exact) mass is 180 g/mol. The maximum Gasteiger partial charge on any atom is 0.145 e. The topological polar surface area (TPSA) is 25.8 Å². The van der Waals surface area contributed by atoms with Gasteiger partial charge in [0.2, 0.25) is 0 Å². The number of fused-ring (bicyclic) bond motifs is 1. The minimum Gasteiger partial charge on any atom is -0.260 e. The van der Waals surface area contributed by atoms with Gasteiger partial charge in [-0.25, -0.2) is 4.98 Å². The van der Waals surface area contributed by atoms with Gasteiger partial charge in [0.25, 0.3) is 0 Å². The second kappa shape index (κ2) is 2.64. The molecular weight excluding hydrogens is 176 g/mol. The molecular formula is C7H4N2S2. The van der Waals surface area contributed by atoms with Crippen LogP contribution in [0.15, 0.2) is 23.8 Å². The second-order valence-corrected chi connectivity index (χ2v) is 3.39. The first-order chi connectivity index (χ1) is 5.36. The fourth-order valence-electron chi connectivity index (χ4n) is 0.820.